The fourth-order valence-corrected chi connectivity index (χ4v) is 1.19. The number of rotatable bonds is 12. The van der Waals surface area contributed by atoms with Gasteiger partial charge in [-0.2, -0.15) is 0 Å². The fourth-order valence-electron chi connectivity index (χ4n) is 1.19. The zero-order valence-electron chi connectivity index (χ0n) is 16.1. The summed E-state index contributed by atoms with van der Waals surface area (Å²) in [7, 11) is 0. The number of hydrogen-bond donors (Lipinski definition) is 6. The fraction of sp³-hybridized carbons (Fsp3) is 0.600. The van der Waals surface area contributed by atoms with Gasteiger partial charge in [0.1, 0.15) is 0 Å². The molecule has 0 aromatic rings. The molecule has 0 aromatic carbocycles. The third-order valence-electron chi connectivity index (χ3n) is 2.92. The van der Waals surface area contributed by atoms with Crippen LogP contribution < -0.4 is 32.5 Å². The summed E-state index contributed by atoms with van der Waals surface area (Å²) < 4.78 is 0. The first-order valence-corrected chi connectivity index (χ1v) is 8.16. The van der Waals surface area contributed by atoms with E-state index < -0.39 is 53.9 Å². The summed E-state index contributed by atoms with van der Waals surface area (Å²) in [6.07, 6.45) is -0.980. The van der Waals surface area contributed by atoms with Crippen molar-refractivity contribution in [3.05, 3.63) is 0 Å². The third kappa shape index (κ3) is 30.3. The van der Waals surface area contributed by atoms with E-state index in [1.54, 1.807) is 0 Å². The van der Waals surface area contributed by atoms with Gasteiger partial charge >= 0.3 is 57.8 Å². The van der Waals surface area contributed by atoms with Crippen molar-refractivity contribution in [3.8, 4) is 0 Å². The second-order valence-corrected chi connectivity index (χ2v) is 5.57. The zero-order valence-corrected chi connectivity index (χ0v) is 18.3. The van der Waals surface area contributed by atoms with E-state index >= 15 is 0 Å². The minimum atomic E-state index is -1.42. The van der Waals surface area contributed by atoms with Gasteiger partial charge < -0.3 is 62.2 Å². The molecular formula is C15H24GdN3O12. The number of aliphatic carboxylic acids is 6. The molecule has 9 N–H and O–H groups in total. The molecule has 0 heterocycles. The van der Waals surface area contributed by atoms with Gasteiger partial charge in [-0.05, 0) is 19.3 Å². The summed E-state index contributed by atoms with van der Waals surface area (Å²) in [5, 5.41) is 53.9. The van der Waals surface area contributed by atoms with Crippen molar-refractivity contribution in [1.29, 1.82) is 0 Å². The Morgan fingerprint density at radius 2 is 0.710 bits per heavy atom. The Morgan fingerprint density at radius 3 is 0.806 bits per heavy atom. The van der Waals surface area contributed by atoms with Crippen LogP contribution in [0.15, 0.2) is 0 Å². The number of carboxylic acid groups (broad SMARTS) is 6. The van der Waals surface area contributed by atoms with E-state index in [1.165, 1.54) is 0 Å². The molecule has 179 valence electrons. The Bertz CT molecular complexity index is 521. The first-order chi connectivity index (χ1) is 13.6. The van der Waals surface area contributed by atoms with Crippen LogP contribution in [0, 0.1) is 39.9 Å². The largest absolute Gasteiger partial charge is 3.00 e. The number of carbonyl (C=O) groups excluding carboxylic acids is 3. The van der Waals surface area contributed by atoms with Crippen molar-refractivity contribution in [2.45, 2.75) is 56.7 Å². The Labute approximate surface area is 208 Å². The predicted octanol–water partition coefficient (Wildman–Crippen LogP) is -6.21. The van der Waals surface area contributed by atoms with Crippen molar-refractivity contribution < 1.29 is 99.3 Å². The van der Waals surface area contributed by atoms with E-state index in [9.17, 15) is 44.1 Å². The smallest absolute Gasteiger partial charge is 0.548 e. The summed E-state index contributed by atoms with van der Waals surface area (Å²) in [5.74, 6) is -7.42. The first kappa shape index (κ1) is 36.4. The van der Waals surface area contributed by atoms with Crippen LogP contribution >= 0.6 is 0 Å². The predicted molar refractivity (Wildman–Crippen MR) is 89.6 cm³/mol. The molecule has 0 aliphatic carbocycles. The summed E-state index contributed by atoms with van der Waals surface area (Å²) >= 11 is 0. The molecule has 0 fully saturated rings. The second kappa shape index (κ2) is 21.3. The van der Waals surface area contributed by atoms with Gasteiger partial charge in [0.05, 0.1) is 17.9 Å². The molecule has 1 radical (unpaired) electrons. The average molecular weight is 596 g/mol. The van der Waals surface area contributed by atoms with Crippen molar-refractivity contribution >= 4 is 35.8 Å². The normalized spacial score (nSPS) is 12.1. The Balaban J connectivity index is -0.000000174. The molecule has 0 spiro atoms. The van der Waals surface area contributed by atoms with Gasteiger partial charge in [0.15, 0.2) is 0 Å². The topological polar surface area (TPSA) is 310 Å². The molecule has 0 aliphatic heterocycles. The third-order valence-corrected chi connectivity index (χ3v) is 2.92. The van der Waals surface area contributed by atoms with Crippen molar-refractivity contribution in [2.24, 2.45) is 17.2 Å². The summed E-state index contributed by atoms with van der Waals surface area (Å²) in [4.78, 5) is 59.2. The molecule has 0 aromatic heterocycles. The maximum Gasteiger partial charge on any atom is 3.00 e. The van der Waals surface area contributed by atoms with Gasteiger partial charge in [-0.1, -0.05) is 0 Å². The van der Waals surface area contributed by atoms with E-state index in [-0.39, 0.29) is 78.5 Å². The molecule has 0 aliphatic rings. The molecule has 16 heteroatoms. The molecule has 0 saturated heterocycles. The second-order valence-electron chi connectivity index (χ2n) is 5.57. The number of carbonyl (C=O) groups is 6. The summed E-state index contributed by atoms with van der Waals surface area (Å²) in [6.45, 7) is 0. The Morgan fingerprint density at radius 1 is 0.548 bits per heavy atom. The van der Waals surface area contributed by atoms with Gasteiger partial charge in [0.25, 0.3) is 0 Å². The van der Waals surface area contributed by atoms with Crippen LogP contribution in [0.3, 0.4) is 0 Å². The molecule has 31 heavy (non-hydrogen) atoms. The molecular weight excluding hydrogens is 571 g/mol. The molecule has 0 rings (SSSR count). The van der Waals surface area contributed by atoms with E-state index in [2.05, 4.69) is 0 Å². The van der Waals surface area contributed by atoms with Crippen LogP contribution in [0.1, 0.15) is 38.5 Å². The van der Waals surface area contributed by atoms with E-state index in [0.29, 0.717) is 0 Å². The van der Waals surface area contributed by atoms with Gasteiger partial charge in [-0.15, -0.1) is 0 Å². The van der Waals surface area contributed by atoms with E-state index in [4.69, 9.17) is 32.5 Å². The molecule has 0 amide bonds. The maximum atomic E-state index is 9.88. The average Bonchev–Trinajstić information content (AvgIpc) is 2.62. The molecule has 15 nitrogen and oxygen atoms in total. The van der Waals surface area contributed by atoms with E-state index in [0.717, 1.165) is 0 Å². The van der Waals surface area contributed by atoms with Crippen molar-refractivity contribution in [1.82, 2.24) is 0 Å². The van der Waals surface area contributed by atoms with Crippen LogP contribution in [-0.2, 0) is 28.8 Å². The van der Waals surface area contributed by atoms with Crippen molar-refractivity contribution in [2.75, 3.05) is 0 Å². The van der Waals surface area contributed by atoms with Crippen LogP contribution in [0.2, 0.25) is 0 Å². The van der Waals surface area contributed by atoms with Crippen LogP contribution in [-0.4, -0.2) is 69.3 Å². The van der Waals surface area contributed by atoms with Gasteiger partial charge in [0, 0.05) is 37.4 Å². The molecule has 0 saturated carbocycles. The number of nitrogens with two attached hydrogens (primary N) is 3. The molecule has 0 unspecified atom stereocenters. The van der Waals surface area contributed by atoms with Crippen LogP contribution in [0.4, 0.5) is 0 Å². The Kier molecular flexibility index (Phi) is 25.0. The first-order valence-electron chi connectivity index (χ1n) is 8.16. The standard InChI is InChI=1S/3C5H9NO4.Gd/c3*6-3(5(9)10)1-2-4(7)8;/h3*3H,1-2,6H2,(H,7,8)(H,9,10);/q;;;+3/p-3/t3*3-;/m000./s1. The quantitative estimate of drug-likeness (QED) is 0.122. The zero-order chi connectivity index (χ0) is 24.4. The van der Waals surface area contributed by atoms with Crippen LogP contribution in [0.25, 0.3) is 0 Å². The van der Waals surface area contributed by atoms with E-state index in [1.807, 2.05) is 0 Å². The maximum absolute atomic E-state index is 9.88. The SMILES string of the molecule is N[C@@H](CCC(=O)O)C(=O)[O-].N[C@@H](CCC(=O)O)C(=O)[O-].N[C@@H](CCC(=O)O)C(=O)[O-].[Gd+3]. The van der Waals surface area contributed by atoms with Gasteiger partial charge in [-0.3, -0.25) is 14.4 Å². The van der Waals surface area contributed by atoms with Crippen LogP contribution in [0.5, 0.6) is 0 Å². The summed E-state index contributed by atoms with van der Waals surface area (Å²) in [5.41, 5.74) is 14.8. The number of hydrogen-bond acceptors (Lipinski definition) is 12. The van der Waals surface area contributed by atoms with Gasteiger partial charge in [-0.25, -0.2) is 0 Å². The molecule has 3 atom stereocenters. The minimum absolute atomic E-state index is 0. The minimum Gasteiger partial charge on any atom is -0.548 e. The molecule has 0 bridgehead atoms. The summed E-state index contributed by atoms with van der Waals surface area (Å²) in [6, 6.07) is -3.51. The Hall–Kier alpha value is -1.98. The van der Waals surface area contributed by atoms with Crippen molar-refractivity contribution in [3.63, 3.8) is 0 Å². The monoisotopic (exact) mass is 596 g/mol. The van der Waals surface area contributed by atoms with Gasteiger partial charge in [0.2, 0.25) is 0 Å². The number of carboxylic acids is 6.